The Bertz CT molecular complexity index is 1210. The van der Waals surface area contributed by atoms with Crippen molar-refractivity contribution in [2.45, 2.75) is 6.54 Å². The van der Waals surface area contributed by atoms with E-state index in [9.17, 15) is 9.59 Å². The first kappa shape index (κ1) is 16.8. The van der Waals surface area contributed by atoms with Crippen LogP contribution in [0.5, 0.6) is 5.75 Å². The molecule has 134 valence electrons. The Morgan fingerprint density at radius 3 is 2.70 bits per heavy atom. The molecule has 0 saturated heterocycles. The summed E-state index contributed by atoms with van der Waals surface area (Å²) in [7, 11) is 1.59. The Morgan fingerprint density at radius 2 is 1.85 bits per heavy atom. The van der Waals surface area contributed by atoms with Gasteiger partial charge in [0.15, 0.2) is 0 Å². The van der Waals surface area contributed by atoms with Crippen LogP contribution >= 0.6 is 0 Å². The van der Waals surface area contributed by atoms with Crippen molar-refractivity contribution in [3.05, 3.63) is 88.3 Å². The van der Waals surface area contributed by atoms with Gasteiger partial charge < -0.3 is 10.1 Å². The Kier molecular flexibility index (Phi) is 4.30. The molecule has 1 N–H and O–H groups in total. The van der Waals surface area contributed by atoms with E-state index in [1.165, 1.54) is 10.6 Å². The number of carbonyl (C=O) groups is 1. The molecular formula is C21H17N3O3. The minimum Gasteiger partial charge on any atom is -0.496 e. The highest BCUT2D eigenvalue weighted by Gasteiger charge is 2.11. The highest BCUT2D eigenvalue weighted by Crippen LogP contribution is 2.17. The second-order valence-corrected chi connectivity index (χ2v) is 6.07. The number of ether oxygens (including phenoxy) is 1. The first-order valence-electron chi connectivity index (χ1n) is 8.48. The number of pyridine rings is 1. The third kappa shape index (κ3) is 3.13. The van der Waals surface area contributed by atoms with Crippen molar-refractivity contribution < 1.29 is 9.53 Å². The van der Waals surface area contributed by atoms with Crippen LogP contribution in [0.25, 0.3) is 16.6 Å². The minimum atomic E-state index is -0.275. The number of nitrogens with one attached hydrogen (secondary N) is 1. The van der Waals surface area contributed by atoms with Crippen LogP contribution in [0, 0.1) is 0 Å². The lowest BCUT2D eigenvalue weighted by molar-refractivity contribution is 0.0950. The Hall–Kier alpha value is -3.67. The van der Waals surface area contributed by atoms with Gasteiger partial charge in [0.25, 0.3) is 11.5 Å². The molecule has 6 nitrogen and oxygen atoms in total. The fourth-order valence-electron chi connectivity index (χ4n) is 3.01. The van der Waals surface area contributed by atoms with E-state index in [1.807, 2.05) is 30.3 Å². The lowest BCUT2D eigenvalue weighted by Crippen LogP contribution is -2.24. The van der Waals surface area contributed by atoms with Crippen LogP contribution in [0.15, 0.2) is 71.7 Å². The molecule has 0 aliphatic carbocycles. The summed E-state index contributed by atoms with van der Waals surface area (Å²) < 4.78 is 6.70. The van der Waals surface area contributed by atoms with E-state index < -0.39 is 0 Å². The predicted molar refractivity (Wildman–Crippen MR) is 103 cm³/mol. The molecular weight excluding hydrogens is 342 g/mol. The summed E-state index contributed by atoms with van der Waals surface area (Å²) in [5.74, 6) is 0.436. The molecule has 4 rings (SSSR count). The van der Waals surface area contributed by atoms with Crippen LogP contribution in [0.3, 0.4) is 0 Å². The number of benzene rings is 2. The van der Waals surface area contributed by atoms with Crippen molar-refractivity contribution in [3.63, 3.8) is 0 Å². The predicted octanol–water partition coefficient (Wildman–Crippen LogP) is 2.79. The molecule has 0 fully saturated rings. The second kappa shape index (κ2) is 6.92. The SMILES string of the molecule is COc1ccccc1CNC(=O)c1ccc2nc3ccccc3c(=O)n2c1. The van der Waals surface area contributed by atoms with Crippen LogP contribution in [-0.2, 0) is 6.54 Å². The number of hydrogen-bond donors (Lipinski definition) is 1. The van der Waals surface area contributed by atoms with E-state index in [-0.39, 0.29) is 11.5 Å². The van der Waals surface area contributed by atoms with Crippen molar-refractivity contribution in [2.24, 2.45) is 0 Å². The number of carbonyl (C=O) groups excluding carboxylic acids is 1. The van der Waals surface area contributed by atoms with E-state index >= 15 is 0 Å². The van der Waals surface area contributed by atoms with E-state index in [0.29, 0.717) is 34.4 Å². The standard InChI is InChI=1S/C21H17N3O3/c1-27-18-9-5-2-6-14(18)12-22-20(25)15-10-11-19-23-17-8-4-3-7-16(17)21(26)24(19)13-15/h2-11,13H,12H2,1H3,(H,22,25). The normalized spacial score (nSPS) is 10.9. The zero-order chi connectivity index (χ0) is 18.8. The van der Waals surface area contributed by atoms with E-state index in [1.54, 1.807) is 37.4 Å². The summed E-state index contributed by atoms with van der Waals surface area (Å²) >= 11 is 0. The number of nitrogens with zero attached hydrogens (tertiary/aromatic N) is 2. The molecule has 0 unspecified atom stereocenters. The van der Waals surface area contributed by atoms with Gasteiger partial charge in [-0.25, -0.2) is 4.98 Å². The third-order valence-corrected chi connectivity index (χ3v) is 4.41. The number of rotatable bonds is 4. The monoisotopic (exact) mass is 359 g/mol. The van der Waals surface area contributed by atoms with Crippen LogP contribution in [0.4, 0.5) is 0 Å². The minimum absolute atomic E-state index is 0.199. The third-order valence-electron chi connectivity index (χ3n) is 4.41. The van der Waals surface area contributed by atoms with Crippen LogP contribution in [-0.4, -0.2) is 22.4 Å². The molecule has 0 bridgehead atoms. The van der Waals surface area contributed by atoms with Gasteiger partial charge in [0.2, 0.25) is 0 Å². The number of amides is 1. The van der Waals surface area contributed by atoms with Gasteiger partial charge in [-0.3, -0.25) is 14.0 Å². The van der Waals surface area contributed by atoms with Crippen molar-refractivity contribution in [2.75, 3.05) is 7.11 Å². The molecule has 0 atom stereocenters. The fourth-order valence-corrected chi connectivity index (χ4v) is 3.01. The summed E-state index contributed by atoms with van der Waals surface area (Å²) in [5, 5.41) is 3.37. The number of methoxy groups -OCH3 is 1. The average Bonchev–Trinajstić information content (AvgIpc) is 2.72. The highest BCUT2D eigenvalue weighted by molar-refractivity contribution is 5.94. The zero-order valence-electron chi connectivity index (χ0n) is 14.7. The zero-order valence-corrected chi connectivity index (χ0v) is 14.7. The summed E-state index contributed by atoms with van der Waals surface area (Å²) in [6.07, 6.45) is 1.52. The number of para-hydroxylation sites is 2. The maximum atomic E-state index is 12.7. The van der Waals surface area contributed by atoms with E-state index in [4.69, 9.17) is 4.74 Å². The van der Waals surface area contributed by atoms with Gasteiger partial charge in [0.05, 0.1) is 23.6 Å². The topological polar surface area (TPSA) is 72.7 Å². The molecule has 2 aromatic heterocycles. The van der Waals surface area contributed by atoms with Crippen LogP contribution in [0.2, 0.25) is 0 Å². The number of fused-ring (bicyclic) bond motifs is 2. The quantitative estimate of drug-likeness (QED) is 0.569. The van der Waals surface area contributed by atoms with Crippen molar-refractivity contribution in [3.8, 4) is 5.75 Å². The lowest BCUT2D eigenvalue weighted by Gasteiger charge is -2.10. The largest absolute Gasteiger partial charge is 0.496 e. The number of hydrogen-bond acceptors (Lipinski definition) is 4. The Balaban J connectivity index is 1.65. The highest BCUT2D eigenvalue weighted by atomic mass is 16.5. The Morgan fingerprint density at radius 1 is 1.07 bits per heavy atom. The van der Waals surface area contributed by atoms with Gasteiger partial charge in [-0.2, -0.15) is 0 Å². The molecule has 2 aromatic carbocycles. The smallest absolute Gasteiger partial charge is 0.265 e. The average molecular weight is 359 g/mol. The molecule has 0 aliphatic heterocycles. The molecule has 1 amide bonds. The molecule has 2 heterocycles. The summed E-state index contributed by atoms with van der Waals surface area (Å²) in [6, 6.07) is 18.0. The number of aromatic nitrogens is 2. The molecule has 4 aromatic rings. The second-order valence-electron chi connectivity index (χ2n) is 6.07. The van der Waals surface area contributed by atoms with Crippen LogP contribution in [0.1, 0.15) is 15.9 Å². The van der Waals surface area contributed by atoms with Gasteiger partial charge in [0, 0.05) is 18.3 Å². The first-order valence-corrected chi connectivity index (χ1v) is 8.48. The van der Waals surface area contributed by atoms with Crippen LogP contribution < -0.4 is 15.6 Å². The summed E-state index contributed by atoms with van der Waals surface area (Å²) in [4.78, 5) is 29.7. The maximum absolute atomic E-state index is 12.7. The molecule has 6 heteroatoms. The molecule has 0 aliphatic rings. The fraction of sp³-hybridized carbons (Fsp3) is 0.0952. The van der Waals surface area contributed by atoms with Gasteiger partial charge in [-0.05, 0) is 30.3 Å². The lowest BCUT2D eigenvalue weighted by atomic mass is 10.2. The molecule has 27 heavy (non-hydrogen) atoms. The van der Waals surface area contributed by atoms with E-state index in [2.05, 4.69) is 10.3 Å². The van der Waals surface area contributed by atoms with Crippen molar-refractivity contribution >= 4 is 22.5 Å². The van der Waals surface area contributed by atoms with Crippen molar-refractivity contribution in [1.82, 2.24) is 14.7 Å². The molecule has 0 radical (unpaired) electrons. The molecule has 0 spiro atoms. The van der Waals surface area contributed by atoms with E-state index in [0.717, 1.165) is 5.56 Å². The maximum Gasteiger partial charge on any atom is 0.265 e. The van der Waals surface area contributed by atoms with Gasteiger partial charge in [-0.1, -0.05) is 30.3 Å². The first-order chi connectivity index (χ1) is 13.2. The summed E-state index contributed by atoms with van der Waals surface area (Å²) in [5.41, 5.74) is 2.20. The van der Waals surface area contributed by atoms with Gasteiger partial charge in [-0.15, -0.1) is 0 Å². The Labute approximate surface area is 155 Å². The van der Waals surface area contributed by atoms with Gasteiger partial charge in [0.1, 0.15) is 11.4 Å². The van der Waals surface area contributed by atoms with Crippen molar-refractivity contribution in [1.29, 1.82) is 0 Å². The molecule has 0 saturated carbocycles. The van der Waals surface area contributed by atoms with Gasteiger partial charge >= 0.3 is 0 Å². The summed E-state index contributed by atoms with van der Waals surface area (Å²) in [6.45, 7) is 0.325.